The minimum absolute atomic E-state index is 0.00361. The van der Waals surface area contributed by atoms with Crippen LogP contribution >= 0.6 is 0 Å². The molecule has 608 valence electrons. The van der Waals surface area contributed by atoms with Crippen molar-refractivity contribution >= 4 is 89.5 Å². The number of carboxylic acids is 1. The Morgan fingerprint density at radius 2 is 0.954 bits per heavy atom. The summed E-state index contributed by atoms with van der Waals surface area (Å²) in [4.78, 5) is 181. The molecule has 14 atom stereocenters. The van der Waals surface area contributed by atoms with Gasteiger partial charge in [-0.25, -0.2) is 4.79 Å². The van der Waals surface area contributed by atoms with Crippen LogP contribution in [0.4, 0.5) is 0 Å². The zero-order valence-electron chi connectivity index (χ0n) is 70.6. The maximum absolute atomic E-state index is 15.2. The summed E-state index contributed by atoms with van der Waals surface area (Å²) in [6.45, 7) is 38.2. The van der Waals surface area contributed by atoms with Crippen LogP contribution in [-0.2, 0) is 66.7 Å². The summed E-state index contributed by atoms with van der Waals surface area (Å²) in [5.41, 5.74) is 0. The van der Waals surface area contributed by atoms with Crippen LogP contribution in [0.15, 0.2) is 72.8 Å². The molecule has 0 heterocycles. The SMILES string of the molecule is C/C=C/C[C@@H](C)[C@@H](OC(C)=O)[C@@H](C(=O)N[C@@H](CC)C(=O)O)N(C)C(=O)[C@H](C(C)C)N(C)C(=O)[C@H](CC(C)C)N(C)C(=O)[C@H](CC(C)C)N(C)C(=O)[C@@H](C)CC(=O)[C@H](C)CC(=O)[C@H](CC(C)C)N(C)C(=O)[C@@H](NC(=O)[C@@H]([C@H](C)CCO[Si](c1ccccc1)(c1ccccc1)C(C)(C)C)N(C)C(=O)[C@H](C)NC)C(C)C. The molecule has 0 saturated carbocycles. The highest BCUT2D eigenvalue weighted by atomic mass is 28.4. The van der Waals surface area contributed by atoms with Crippen molar-refractivity contribution < 1.29 is 71.8 Å². The number of carboxylic acid groups (broad SMARTS) is 1. The molecular weight excluding hydrogens is 1390 g/mol. The van der Waals surface area contributed by atoms with Crippen LogP contribution in [0.2, 0.25) is 5.04 Å². The van der Waals surface area contributed by atoms with Crippen molar-refractivity contribution in [1.82, 2.24) is 45.3 Å². The summed E-state index contributed by atoms with van der Waals surface area (Å²) >= 11 is 0. The lowest BCUT2D eigenvalue weighted by atomic mass is 9.88. The van der Waals surface area contributed by atoms with E-state index in [-0.39, 0.29) is 73.8 Å². The minimum Gasteiger partial charge on any atom is -0.480 e. The van der Waals surface area contributed by atoms with E-state index >= 15 is 24.0 Å². The number of amides is 8. The van der Waals surface area contributed by atoms with Crippen molar-refractivity contribution in [2.24, 2.45) is 53.3 Å². The van der Waals surface area contributed by atoms with Gasteiger partial charge < -0.3 is 59.6 Å². The van der Waals surface area contributed by atoms with Gasteiger partial charge in [-0.05, 0) is 116 Å². The standard InChI is InChI=1S/C83H137N9O15Si/c1-29-31-38-56(14)73(107-60(18)93)72(75(97)85-63(30-2)82(104)105)92(28)81(103)70(54(11)12)90(26)79(101)66(47-52(7)8)89(25)78(100)65(46-51(5)6)88(24)76(98)58(16)49-67(94)57(15)48-68(95)64(45-50(3)4)87(23)80(102)69(53(9)10)86-74(96)71(91(27)77(99)59(17)84-22)55(13)43-44-106-108(83(19,20)21,61-39-34-32-35-40-61)62-41-36-33-37-42-62/h29,31-37,39-42,50-59,63-66,69-73,84H,30,38,43-49H2,1-28H3,(H,85,97)(H,86,96)(H,104,105)/b31-29+/t55-,56-,57-,58+,59+,63+,64+,65+,66+,69+,70+,71-,72+,73-/m1/s1. The number of nitrogens with one attached hydrogen (secondary N) is 3. The minimum atomic E-state index is -2.99. The molecule has 108 heavy (non-hydrogen) atoms. The van der Waals surface area contributed by atoms with Gasteiger partial charge in [0.15, 0.2) is 5.78 Å². The Morgan fingerprint density at radius 3 is 1.38 bits per heavy atom. The topological polar surface area (TPSA) is 299 Å². The molecule has 4 N–H and O–H groups in total. The van der Waals surface area contributed by atoms with Crippen molar-refractivity contribution in [2.75, 3.05) is 55.9 Å². The number of benzene rings is 2. The van der Waals surface area contributed by atoms with Crippen LogP contribution in [-0.4, -0.2) is 230 Å². The number of aliphatic carboxylic acids is 1. The summed E-state index contributed by atoms with van der Waals surface area (Å²) in [5, 5.41) is 20.4. The predicted molar refractivity (Wildman–Crippen MR) is 427 cm³/mol. The van der Waals surface area contributed by atoms with Gasteiger partial charge in [0.05, 0.1) is 12.1 Å². The van der Waals surface area contributed by atoms with Gasteiger partial charge in [-0.2, -0.15) is 0 Å². The summed E-state index contributed by atoms with van der Waals surface area (Å²) in [6, 6.07) is 10.1. The number of ketones is 2. The van der Waals surface area contributed by atoms with Gasteiger partial charge >= 0.3 is 11.9 Å². The Hall–Kier alpha value is -7.64. The molecule has 0 saturated heterocycles. The highest BCUT2D eigenvalue weighted by molar-refractivity contribution is 6.99. The van der Waals surface area contributed by atoms with Gasteiger partial charge in [-0.3, -0.25) is 52.7 Å². The van der Waals surface area contributed by atoms with Crippen LogP contribution in [0, 0.1) is 53.3 Å². The molecule has 0 aromatic heterocycles. The summed E-state index contributed by atoms with van der Waals surface area (Å²) < 4.78 is 13.0. The van der Waals surface area contributed by atoms with E-state index < -0.39 is 169 Å². The van der Waals surface area contributed by atoms with E-state index in [0.29, 0.717) is 12.8 Å². The predicted octanol–water partition coefficient (Wildman–Crippen LogP) is 8.80. The zero-order valence-corrected chi connectivity index (χ0v) is 71.6. The second kappa shape index (κ2) is 44.3. The van der Waals surface area contributed by atoms with Crippen molar-refractivity contribution in [3.63, 3.8) is 0 Å². The molecule has 8 amide bonds. The first kappa shape index (κ1) is 96.4. The molecular formula is C83H137N9O15Si. The Morgan fingerprint density at radius 1 is 0.519 bits per heavy atom. The monoisotopic (exact) mass is 1530 g/mol. The lowest BCUT2D eigenvalue weighted by Gasteiger charge is -2.43. The van der Waals surface area contributed by atoms with Crippen LogP contribution < -0.4 is 26.3 Å². The number of likely N-dealkylation sites (N-methyl/N-ethyl adjacent to an activating group) is 7. The van der Waals surface area contributed by atoms with Crippen molar-refractivity contribution in [3.8, 4) is 0 Å². The third kappa shape index (κ3) is 26.3. The lowest BCUT2D eigenvalue weighted by Crippen LogP contribution is -2.66. The number of rotatable bonds is 45. The Kier molecular flexibility index (Phi) is 39.5. The average Bonchev–Trinajstić information content (AvgIpc) is 0.749. The maximum atomic E-state index is 15.2. The van der Waals surface area contributed by atoms with Gasteiger partial charge in [0, 0.05) is 80.5 Å². The summed E-state index contributed by atoms with van der Waals surface area (Å²) in [6.07, 6.45) is 2.96. The fourth-order valence-electron chi connectivity index (χ4n) is 14.5. The first-order chi connectivity index (χ1) is 50.1. The quantitative estimate of drug-likeness (QED) is 0.0273. The van der Waals surface area contributed by atoms with Crippen LogP contribution in [0.3, 0.4) is 0 Å². The van der Waals surface area contributed by atoms with Crippen LogP contribution in [0.25, 0.3) is 0 Å². The van der Waals surface area contributed by atoms with Crippen molar-refractivity contribution in [3.05, 3.63) is 72.8 Å². The van der Waals surface area contributed by atoms with Crippen molar-refractivity contribution in [2.45, 2.75) is 262 Å². The van der Waals surface area contributed by atoms with Gasteiger partial charge in [0.2, 0.25) is 47.3 Å². The normalized spacial score (nSPS) is 16.0. The first-order valence-electron chi connectivity index (χ1n) is 38.8. The smallest absolute Gasteiger partial charge is 0.326 e. The highest BCUT2D eigenvalue weighted by Crippen LogP contribution is 2.38. The van der Waals surface area contributed by atoms with E-state index in [0.717, 1.165) is 15.3 Å². The van der Waals surface area contributed by atoms with Gasteiger partial charge in [-0.15, -0.1) is 0 Å². The second-order valence-electron chi connectivity index (χ2n) is 33.0. The number of nitrogens with zero attached hydrogens (tertiary/aromatic N) is 6. The van der Waals surface area contributed by atoms with E-state index in [9.17, 15) is 38.7 Å². The highest BCUT2D eigenvalue weighted by Gasteiger charge is 2.51. The van der Waals surface area contributed by atoms with Gasteiger partial charge in [0.25, 0.3) is 8.32 Å². The number of esters is 1. The molecule has 0 fully saturated rings. The molecule has 24 nitrogen and oxygen atoms in total. The van der Waals surface area contributed by atoms with Crippen molar-refractivity contribution in [1.29, 1.82) is 0 Å². The molecule has 0 radical (unpaired) electrons. The van der Waals surface area contributed by atoms with Crippen LogP contribution in [0.1, 0.15) is 197 Å². The molecule has 2 aromatic carbocycles. The molecule has 0 unspecified atom stereocenters. The molecule has 2 rings (SSSR count). The van der Waals surface area contributed by atoms with E-state index in [1.54, 1.807) is 89.4 Å². The number of hydrogen-bond donors (Lipinski definition) is 4. The number of carbonyl (C=O) groups is 12. The van der Waals surface area contributed by atoms with E-state index in [1.807, 2.05) is 90.9 Å². The van der Waals surface area contributed by atoms with E-state index in [2.05, 4.69) is 61.0 Å². The number of hydrogen-bond acceptors (Lipinski definition) is 15. The fraction of sp³-hybridized carbons (Fsp3) is 0.687. The Labute approximate surface area is 647 Å². The number of ether oxygens (including phenoxy) is 1. The van der Waals surface area contributed by atoms with E-state index in [1.165, 1.54) is 66.7 Å². The van der Waals surface area contributed by atoms with Crippen LogP contribution in [0.5, 0.6) is 0 Å². The Bertz CT molecular complexity index is 3280. The molecule has 25 heteroatoms. The first-order valence-corrected chi connectivity index (χ1v) is 40.8. The summed E-state index contributed by atoms with van der Waals surface area (Å²) in [7, 11) is 7.50. The number of carbonyl (C=O) groups excluding carboxylic acids is 11. The average molecular weight is 1530 g/mol. The number of Topliss-reactive ketones (excluding diaryl/α,β-unsaturated/α-hetero) is 2. The van der Waals surface area contributed by atoms with Gasteiger partial charge in [0.1, 0.15) is 54.2 Å². The largest absolute Gasteiger partial charge is 0.480 e. The molecule has 2 aromatic rings. The molecule has 0 spiro atoms. The maximum Gasteiger partial charge on any atom is 0.326 e. The second-order valence-corrected chi connectivity index (χ2v) is 37.3. The zero-order chi connectivity index (χ0) is 82.9. The third-order valence-corrected chi connectivity index (χ3v) is 26.0. The van der Waals surface area contributed by atoms with Gasteiger partial charge in [-0.1, -0.05) is 197 Å². The fourth-order valence-corrected chi connectivity index (χ4v) is 19.1. The molecule has 0 aliphatic rings. The third-order valence-electron chi connectivity index (χ3n) is 21.0. The molecule has 0 bridgehead atoms. The number of allylic oxidation sites excluding steroid dienone is 2. The molecule has 0 aliphatic carbocycles. The molecule has 0 aliphatic heterocycles. The Balaban J connectivity index is 2.52. The lowest BCUT2D eigenvalue weighted by molar-refractivity contribution is -0.164. The summed E-state index contributed by atoms with van der Waals surface area (Å²) in [5.74, 6) is -12.1. The van der Waals surface area contributed by atoms with E-state index in [4.69, 9.17) is 9.16 Å².